The number of aromatic nitrogens is 2. The van der Waals surface area contributed by atoms with Crippen molar-refractivity contribution in [2.24, 2.45) is 0 Å². The third-order valence-electron chi connectivity index (χ3n) is 4.00. The number of rotatable bonds is 4. The number of imidazole rings is 1. The molecule has 0 radical (unpaired) electrons. The third-order valence-corrected chi connectivity index (χ3v) is 4.00. The fraction of sp³-hybridized carbons (Fsp3) is 0.263. The molecular formula is C19H18F3N3O. The average molecular weight is 361 g/mol. The van der Waals surface area contributed by atoms with Gasteiger partial charge in [-0.1, -0.05) is 19.4 Å². The first-order chi connectivity index (χ1) is 12.3. The summed E-state index contributed by atoms with van der Waals surface area (Å²) in [5.41, 5.74) is 1.91. The van der Waals surface area contributed by atoms with E-state index < -0.39 is 17.6 Å². The minimum Gasteiger partial charge on any atom is -0.321 e. The van der Waals surface area contributed by atoms with Gasteiger partial charge in [-0.3, -0.25) is 9.20 Å². The number of carbonyl (C=O) groups is 1. The maximum absolute atomic E-state index is 12.9. The lowest BCUT2D eigenvalue weighted by atomic mass is 10.1. The van der Waals surface area contributed by atoms with Gasteiger partial charge in [0.1, 0.15) is 11.3 Å². The molecule has 0 aliphatic carbocycles. The number of aryl methyl sites for hydroxylation is 2. The van der Waals surface area contributed by atoms with Crippen LogP contribution in [0.25, 0.3) is 5.65 Å². The molecule has 0 bridgehead atoms. The van der Waals surface area contributed by atoms with Crippen LogP contribution >= 0.6 is 0 Å². The van der Waals surface area contributed by atoms with Crippen molar-refractivity contribution in [1.29, 1.82) is 0 Å². The number of nitrogens with zero attached hydrogens (tertiary/aromatic N) is 2. The van der Waals surface area contributed by atoms with Crippen molar-refractivity contribution in [3.05, 3.63) is 65.1 Å². The molecule has 0 saturated heterocycles. The Labute approximate surface area is 148 Å². The van der Waals surface area contributed by atoms with Crippen LogP contribution in [0.15, 0.2) is 42.6 Å². The molecule has 0 aliphatic rings. The van der Waals surface area contributed by atoms with Crippen LogP contribution in [0.5, 0.6) is 0 Å². The number of amides is 1. The van der Waals surface area contributed by atoms with E-state index in [-0.39, 0.29) is 5.69 Å². The minimum atomic E-state index is -4.46. The van der Waals surface area contributed by atoms with Crippen molar-refractivity contribution in [1.82, 2.24) is 9.38 Å². The molecule has 7 heteroatoms. The molecule has 4 nitrogen and oxygen atoms in total. The van der Waals surface area contributed by atoms with E-state index in [0.717, 1.165) is 24.1 Å². The number of pyridine rings is 1. The number of carbonyl (C=O) groups excluding carboxylic acids is 1. The number of benzene rings is 1. The lowest BCUT2D eigenvalue weighted by Crippen LogP contribution is -2.17. The highest BCUT2D eigenvalue weighted by Crippen LogP contribution is 2.30. The summed E-state index contributed by atoms with van der Waals surface area (Å²) in [6.45, 7) is 3.90. The van der Waals surface area contributed by atoms with E-state index in [1.54, 1.807) is 10.6 Å². The van der Waals surface area contributed by atoms with Crippen molar-refractivity contribution in [2.75, 3.05) is 5.32 Å². The van der Waals surface area contributed by atoms with Crippen LogP contribution in [-0.4, -0.2) is 15.3 Å². The Bertz CT molecular complexity index is 960. The van der Waals surface area contributed by atoms with Gasteiger partial charge in [0.2, 0.25) is 0 Å². The standard InChI is InChI=1S/C19H18F3N3O/c1-3-5-15-17(25-9-8-12(2)10-16(25)24-15)18(26)23-14-7-4-6-13(11-14)19(20,21)22/h4,6-11H,3,5H2,1-2H3,(H,23,26). The Hall–Kier alpha value is -2.83. The smallest absolute Gasteiger partial charge is 0.321 e. The fourth-order valence-corrected chi connectivity index (χ4v) is 2.81. The Balaban J connectivity index is 1.99. The zero-order chi connectivity index (χ0) is 18.9. The lowest BCUT2D eigenvalue weighted by Gasteiger charge is -2.10. The zero-order valence-electron chi connectivity index (χ0n) is 14.4. The average Bonchev–Trinajstić information content (AvgIpc) is 2.91. The van der Waals surface area contributed by atoms with Crippen LogP contribution in [0.4, 0.5) is 18.9 Å². The molecule has 26 heavy (non-hydrogen) atoms. The van der Waals surface area contributed by atoms with Crippen LogP contribution < -0.4 is 5.32 Å². The molecule has 1 N–H and O–H groups in total. The number of hydrogen-bond donors (Lipinski definition) is 1. The number of fused-ring (bicyclic) bond motifs is 1. The molecule has 0 saturated carbocycles. The number of anilines is 1. The third kappa shape index (κ3) is 3.56. The molecule has 2 heterocycles. The van der Waals surface area contributed by atoms with Gasteiger partial charge in [-0.15, -0.1) is 0 Å². The maximum Gasteiger partial charge on any atom is 0.416 e. The van der Waals surface area contributed by atoms with Crippen molar-refractivity contribution < 1.29 is 18.0 Å². The van der Waals surface area contributed by atoms with Crippen molar-refractivity contribution in [2.45, 2.75) is 32.9 Å². The van der Waals surface area contributed by atoms with Crippen molar-refractivity contribution in [3.8, 4) is 0 Å². The van der Waals surface area contributed by atoms with E-state index in [1.165, 1.54) is 12.1 Å². The van der Waals surface area contributed by atoms with Crippen molar-refractivity contribution in [3.63, 3.8) is 0 Å². The van der Waals surface area contributed by atoms with Gasteiger partial charge in [0.05, 0.1) is 11.3 Å². The molecule has 1 amide bonds. The van der Waals surface area contributed by atoms with Gasteiger partial charge in [-0.25, -0.2) is 4.98 Å². The zero-order valence-corrected chi connectivity index (χ0v) is 14.4. The van der Waals surface area contributed by atoms with E-state index >= 15 is 0 Å². The second-order valence-electron chi connectivity index (χ2n) is 6.12. The summed E-state index contributed by atoms with van der Waals surface area (Å²) >= 11 is 0. The van der Waals surface area contributed by atoms with Crippen LogP contribution in [0.3, 0.4) is 0 Å². The van der Waals surface area contributed by atoms with Gasteiger partial charge in [0.25, 0.3) is 5.91 Å². The van der Waals surface area contributed by atoms with Gasteiger partial charge in [-0.05, 0) is 49.2 Å². The van der Waals surface area contributed by atoms with E-state index in [4.69, 9.17) is 0 Å². The largest absolute Gasteiger partial charge is 0.416 e. The number of nitrogens with one attached hydrogen (secondary N) is 1. The Morgan fingerprint density at radius 3 is 2.69 bits per heavy atom. The molecule has 0 unspecified atom stereocenters. The summed E-state index contributed by atoms with van der Waals surface area (Å²) < 4.78 is 40.3. The molecule has 0 aliphatic heterocycles. The first-order valence-electron chi connectivity index (χ1n) is 8.26. The molecule has 136 valence electrons. The normalized spacial score (nSPS) is 11.7. The highest BCUT2D eigenvalue weighted by atomic mass is 19.4. The quantitative estimate of drug-likeness (QED) is 0.721. The number of hydrogen-bond acceptors (Lipinski definition) is 2. The molecule has 3 rings (SSSR count). The minimum absolute atomic E-state index is 0.0920. The van der Waals surface area contributed by atoms with Gasteiger partial charge < -0.3 is 5.32 Å². The summed E-state index contributed by atoms with van der Waals surface area (Å²) in [5, 5.41) is 2.56. The van der Waals surface area contributed by atoms with Gasteiger partial charge in [0.15, 0.2) is 0 Å². The van der Waals surface area contributed by atoms with Crippen LogP contribution in [0.2, 0.25) is 0 Å². The Morgan fingerprint density at radius 1 is 1.23 bits per heavy atom. The molecular weight excluding hydrogens is 343 g/mol. The summed E-state index contributed by atoms with van der Waals surface area (Å²) in [6, 6.07) is 8.30. The van der Waals surface area contributed by atoms with Crippen molar-refractivity contribution >= 4 is 17.2 Å². The highest BCUT2D eigenvalue weighted by molar-refractivity contribution is 6.04. The number of alkyl halides is 3. The summed E-state index contributed by atoms with van der Waals surface area (Å²) in [4.78, 5) is 17.3. The van der Waals surface area contributed by atoms with E-state index in [2.05, 4.69) is 10.3 Å². The first-order valence-corrected chi connectivity index (χ1v) is 8.26. The fourth-order valence-electron chi connectivity index (χ4n) is 2.81. The van der Waals surface area contributed by atoms with Gasteiger partial charge in [0, 0.05) is 11.9 Å². The molecule has 0 fully saturated rings. The van der Waals surface area contributed by atoms with E-state index in [9.17, 15) is 18.0 Å². The van der Waals surface area contributed by atoms with Crippen LogP contribution in [0, 0.1) is 6.92 Å². The summed E-state index contributed by atoms with van der Waals surface area (Å²) in [6.07, 6.45) is -1.31. The van der Waals surface area contributed by atoms with Gasteiger partial charge >= 0.3 is 6.18 Å². The van der Waals surface area contributed by atoms with E-state index in [0.29, 0.717) is 23.5 Å². The van der Waals surface area contributed by atoms with E-state index in [1.807, 2.05) is 26.0 Å². The molecule has 1 aromatic carbocycles. The molecule has 2 aromatic heterocycles. The maximum atomic E-state index is 12.9. The summed E-state index contributed by atoms with van der Waals surface area (Å²) in [7, 11) is 0. The Morgan fingerprint density at radius 2 is 2.00 bits per heavy atom. The number of halogens is 3. The first kappa shape index (κ1) is 18.0. The Kier molecular flexibility index (Phi) is 4.71. The summed E-state index contributed by atoms with van der Waals surface area (Å²) in [5.74, 6) is -0.482. The molecule has 0 spiro atoms. The van der Waals surface area contributed by atoms with Crippen LogP contribution in [0.1, 0.15) is 40.7 Å². The topological polar surface area (TPSA) is 46.4 Å². The molecule has 0 atom stereocenters. The SMILES string of the molecule is CCCc1nc2cc(C)ccn2c1C(=O)Nc1cccc(C(F)(F)F)c1. The predicted octanol–water partition coefficient (Wildman–Crippen LogP) is 4.87. The predicted molar refractivity (Wildman–Crippen MR) is 93.3 cm³/mol. The van der Waals surface area contributed by atoms with Crippen LogP contribution in [-0.2, 0) is 12.6 Å². The van der Waals surface area contributed by atoms with Gasteiger partial charge in [-0.2, -0.15) is 13.2 Å². The highest BCUT2D eigenvalue weighted by Gasteiger charge is 2.30. The lowest BCUT2D eigenvalue weighted by molar-refractivity contribution is -0.137. The molecule has 3 aromatic rings. The second-order valence-corrected chi connectivity index (χ2v) is 6.12. The second kappa shape index (κ2) is 6.82. The monoisotopic (exact) mass is 361 g/mol.